The van der Waals surface area contributed by atoms with Crippen LogP contribution in [0.4, 0.5) is 0 Å². The Bertz CT molecular complexity index is 448. The summed E-state index contributed by atoms with van der Waals surface area (Å²) in [5.74, 6) is -0.900. The number of nitrogens with one attached hydrogen (secondary N) is 1. The van der Waals surface area contributed by atoms with Gasteiger partial charge in [-0.25, -0.2) is 4.79 Å². The van der Waals surface area contributed by atoms with E-state index in [1.807, 2.05) is 37.3 Å². The highest BCUT2D eigenvalue weighted by Gasteiger charge is 2.25. The summed E-state index contributed by atoms with van der Waals surface area (Å²) in [6.45, 7) is 2.27. The average Bonchev–Trinajstić information content (AvgIpc) is 2.52. The highest BCUT2D eigenvalue weighted by atomic mass is 16.5. The van der Waals surface area contributed by atoms with E-state index in [1.165, 1.54) is 7.11 Å². The molecule has 2 unspecified atom stereocenters. The summed E-state index contributed by atoms with van der Waals surface area (Å²) < 4.78 is 4.77. The molecule has 0 aliphatic rings. The van der Waals surface area contributed by atoms with E-state index in [9.17, 15) is 9.59 Å². The lowest BCUT2D eigenvalue weighted by Crippen LogP contribution is -2.46. The molecule has 1 aromatic rings. The molecule has 0 aliphatic carbocycles. The zero-order chi connectivity index (χ0) is 15.7. The van der Waals surface area contributed by atoms with Crippen LogP contribution in [0.3, 0.4) is 0 Å². The predicted octanol–water partition coefficient (Wildman–Crippen LogP) is 1.26. The van der Waals surface area contributed by atoms with Crippen molar-refractivity contribution in [1.29, 1.82) is 0 Å². The number of nitrogens with two attached hydrogens (primary N) is 1. The summed E-state index contributed by atoms with van der Waals surface area (Å²) in [5, 5.41) is 2.76. The molecule has 0 fully saturated rings. The molecule has 0 heterocycles. The van der Waals surface area contributed by atoms with Crippen LogP contribution >= 0.6 is 0 Å². The molecule has 0 saturated heterocycles. The van der Waals surface area contributed by atoms with E-state index < -0.39 is 12.0 Å². The summed E-state index contributed by atoms with van der Waals surface area (Å²) in [6, 6.07) is 8.83. The maximum atomic E-state index is 12.2. The number of esters is 1. The Hall–Kier alpha value is -1.88. The molecule has 0 aromatic heterocycles. The van der Waals surface area contributed by atoms with Crippen LogP contribution in [0.5, 0.6) is 0 Å². The van der Waals surface area contributed by atoms with Crippen molar-refractivity contribution in [3.8, 4) is 0 Å². The van der Waals surface area contributed by atoms with E-state index in [2.05, 4.69) is 5.32 Å². The summed E-state index contributed by atoms with van der Waals surface area (Å²) >= 11 is 0. The van der Waals surface area contributed by atoms with Crippen molar-refractivity contribution in [2.24, 2.45) is 11.7 Å². The maximum Gasteiger partial charge on any atom is 0.328 e. The van der Waals surface area contributed by atoms with Gasteiger partial charge in [0.25, 0.3) is 0 Å². The fourth-order valence-electron chi connectivity index (χ4n) is 2.18. The highest BCUT2D eigenvalue weighted by molar-refractivity contribution is 5.86. The summed E-state index contributed by atoms with van der Waals surface area (Å²) in [6.07, 6.45) is 1.99. The first-order valence-corrected chi connectivity index (χ1v) is 7.24. The van der Waals surface area contributed by atoms with Crippen LogP contribution in [0.25, 0.3) is 0 Å². The largest absolute Gasteiger partial charge is 0.467 e. The Morgan fingerprint density at radius 3 is 2.48 bits per heavy atom. The first-order chi connectivity index (χ1) is 10.1. The lowest BCUT2D eigenvalue weighted by atomic mass is 10.0. The number of ether oxygens (including phenoxy) is 1. The molecule has 0 bridgehead atoms. The second-order valence-corrected chi connectivity index (χ2v) is 5.00. The van der Waals surface area contributed by atoms with E-state index in [-0.39, 0.29) is 18.4 Å². The van der Waals surface area contributed by atoms with Gasteiger partial charge in [-0.3, -0.25) is 4.79 Å². The minimum atomic E-state index is -0.684. The molecular weight excluding hydrogens is 268 g/mol. The van der Waals surface area contributed by atoms with Crippen molar-refractivity contribution < 1.29 is 14.3 Å². The Kier molecular flexibility index (Phi) is 7.46. The molecule has 1 aromatic carbocycles. The second kappa shape index (κ2) is 9.13. The number of rotatable bonds is 8. The van der Waals surface area contributed by atoms with Gasteiger partial charge in [0.05, 0.1) is 13.0 Å². The molecule has 0 aliphatic heterocycles. The molecule has 116 valence electrons. The van der Waals surface area contributed by atoms with Gasteiger partial charge >= 0.3 is 5.97 Å². The quantitative estimate of drug-likeness (QED) is 0.707. The lowest BCUT2D eigenvalue weighted by Gasteiger charge is -2.20. The fourth-order valence-corrected chi connectivity index (χ4v) is 2.18. The Morgan fingerprint density at radius 2 is 1.95 bits per heavy atom. The van der Waals surface area contributed by atoms with E-state index >= 15 is 0 Å². The summed E-state index contributed by atoms with van der Waals surface area (Å²) in [5.41, 5.74) is 6.59. The SMILES string of the molecule is CCCC(CN)C(=O)NC(Cc1ccccc1)C(=O)OC. The fraction of sp³-hybridized carbons (Fsp3) is 0.500. The number of hydrogen-bond acceptors (Lipinski definition) is 4. The van der Waals surface area contributed by atoms with Crippen molar-refractivity contribution in [3.05, 3.63) is 35.9 Å². The minimum Gasteiger partial charge on any atom is -0.467 e. The van der Waals surface area contributed by atoms with E-state index in [0.717, 1.165) is 12.0 Å². The molecule has 5 heteroatoms. The predicted molar refractivity (Wildman–Crippen MR) is 81.5 cm³/mol. The third-order valence-corrected chi connectivity index (χ3v) is 3.38. The molecule has 21 heavy (non-hydrogen) atoms. The molecule has 3 N–H and O–H groups in total. The molecule has 0 radical (unpaired) electrons. The van der Waals surface area contributed by atoms with Gasteiger partial charge in [-0.15, -0.1) is 0 Å². The van der Waals surface area contributed by atoms with Crippen LogP contribution in [-0.4, -0.2) is 31.6 Å². The van der Waals surface area contributed by atoms with Gasteiger partial charge in [0, 0.05) is 13.0 Å². The van der Waals surface area contributed by atoms with Crippen molar-refractivity contribution in [1.82, 2.24) is 5.32 Å². The number of methoxy groups -OCH3 is 1. The van der Waals surface area contributed by atoms with E-state index in [0.29, 0.717) is 12.8 Å². The number of amides is 1. The smallest absolute Gasteiger partial charge is 0.328 e. The van der Waals surface area contributed by atoms with Crippen molar-refractivity contribution >= 4 is 11.9 Å². The number of carbonyl (C=O) groups is 2. The zero-order valence-electron chi connectivity index (χ0n) is 12.7. The zero-order valence-corrected chi connectivity index (χ0v) is 12.7. The van der Waals surface area contributed by atoms with Gasteiger partial charge in [-0.1, -0.05) is 43.7 Å². The van der Waals surface area contributed by atoms with Gasteiger partial charge in [0.2, 0.25) is 5.91 Å². The molecule has 0 saturated carbocycles. The van der Waals surface area contributed by atoms with Crippen molar-refractivity contribution in [3.63, 3.8) is 0 Å². The normalized spacial score (nSPS) is 13.3. The molecule has 1 rings (SSSR count). The van der Waals surface area contributed by atoms with Gasteiger partial charge in [0.1, 0.15) is 6.04 Å². The third kappa shape index (κ3) is 5.55. The van der Waals surface area contributed by atoms with Crippen molar-refractivity contribution in [2.45, 2.75) is 32.2 Å². The van der Waals surface area contributed by atoms with Crippen LogP contribution in [0.15, 0.2) is 30.3 Å². The number of hydrogen-bond donors (Lipinski definition) is 2. The van der Waals surface area contributed by atoms with Crippen LogP contribution < -0.4 is 11.1 Å². The Labute approximate surface area is 125 Å². The minimum absolute atomic E-state index is 0.189. The molecular formula is C16H24N2O3. The number of benzene rings is 1. The molecule has 2 atom stereocenters. The second-order valence-electron chi connectivity index (χ2n) is 5.00. The molecule has 5 nitrogen and oxygen atoms in total. The first-order valence-electron chi connectivity index (χ1n) is 7.24. The Balaban J connectivity index is 2.74. The summed E-state index contributed by atoms with van der Waals surface area (Å²) in [7, 11) is 1.32. The summed E-state index contributed by atoms with van der Waals surface area (Å²) in [4.78, 5) is 24.0. The van der Waals surface area contributed by atoms with Gasteiger partial charge in [-0.2, -0.15) is 0 Å². The number of carbonyl (C=O) groups excluding carboxylic acids is 2. The van der Waals surface area contributed by atoms with Crippen molar-refractivity contribution in [2.75, 3.05) is 13.7 Å². The standard InChI is InChI=1S/C16H24N2O3/c1-3-7-13(11-17)15(19)18-14(16(20)21-2)10-12-8-5-4-6-9-12/h4-6,8-9,13-14H,3,7,10-11,17H2,1-2H3,(H,18,19). The molecule has 1 amide bonds. The van der Waals surface area contributed by atoms with Crippen LogP contribution in [0, 0.1) is 5.92 Å². The van der Waals surface area contributed by atoms with Crippen LogP contribution in [0.1, 0.15) is 25.3 Å². The van der Waals surface area contributed by atoms with Crippen LogP contribution in [0.2, 0.25) is 0 Å². The highest BCUT2D eigenvalue weighted by Crippen LogP contribution is 2.08. The monoisotopic (exact) mass is 292 g/mol. The van der Waals surface area contributed by atoms with E-state index in [1.54, 1.807) is 0 Å². The van der Waals surface area contributed by atoms with Gasteiger partial charge < -0.3 is 15.8 Å². The van der Waals surface area contributed by atoms with Gasteiger partial charge in [0.15, 0.2) is 0 Å². The Morgan fingerprint density at radius 1 is 1.29 bits per heavy atom. The lowest BCUT2D eigenvalue weighted by molar-refractivity contribution is -0.145. The third-order valence-electron chi connectivity index (χ3n) is 3.38. The molecule has 0 spiro atoms. The average molecular weight is 292 g/mol. The maximum absolute atomic E-state index is 12.2. The van der Waals surface area contributed by atoms with Crippen LogP contribution in [-0.2, 0) is 20.7 Å². The topological polar surface area (TPSA) is 81.4 Å². The van der Waals surface area contributed by atoms with Gasteiger partial charge in [-0.05, 0) is 12.0 Å². The van der Waals surface area contributed by atoms with E-state index in [4.69, 9.17) is 10.5 Å². The first kappa shape index (κ1) is 17.2.